The second-order valence-corrected chi connectivity index (χ2v) is 6.10. The van der Waals surface area contributed by atoms with Crippen LogP contribution in [0.5, 0.6) is 5.75 Å². The van der Waals surface area contributed by atoms with Crippen molar-refractivity contribution in [2.45, 2.75) is 19.4 Å². The summed E-state index contributed by atoms with van der Waals surface area (Å²) in [6.07, 6.45) is 0.552. The first kappa shape index (κ1) is 18.2. The van der Waals surface area contributed by atoms with Gasteiger partial charge in [0.05, 0.1) is 12.6 Å². The molecule has 0 aliphatic carbocycles. The normalized spacial score (nSPS) is 11.8. The van der Waals surface area contributed by atoms with Crippen LogP contribution in [0, 0.1) is 0 Å². The number of halogens is 1. The molecule has 0 bridgehead atoms. The van der Waals surface area contributed by atoms with Gasteiger partial charge in [0.2, 0.25) is 0 Å². The predicted octanol–water partition coefficient (Wildman–Crippen LogP) is 3.48. The molecule has 3 N–H and O–H groups in total. The van der Waals surface area contributed by atoms with Gasteiger partial charge in [0, 0.05) is 23.1 Å². The number of rotatable bonds is 8. The number of benzene rings is 1. The Labute approximate surface area is 148 Å². The number of aliphatic hydroxyl groups excluding tert-OH is 1. The lowest BCUT2D eigenvalue weighted by Crippen LogP contribution is -2.12. The number of pyridine rings is 1. The number of anilines is 1. The Morgan fingerprint density at radius 1 is 1.38 bits per heavy atom. The summed E-state index contributed by atoms with van der Waals surface area (Å²) in [7, 11) is 0. The molecule has 6 nitrogen and oxygen atoms in total. The number of carboxylic acids is 1. The van der Waals surface area contributed by atoms with E-state index in [0.717, 1.165) is 10.0 Å². The Hall–Kier alpha value is -2.12. The smallest absolute Gasteiger partial charge is 0.354 e. The van der Waals surface area contributed by atoms with E-state index in [9.17, 15) is 4.79 Å². The molecule has 1 heterocycles. The number of hydrogen-bond donors (Lipinski definition) is 3. The largest absolute Gasteiger partial charge is 0.493 e. The number of aromatic nitrogens is 1. The molecule has 128 valence electrons. The standard InChI is InChI=1S/C17H19BrN2O4/c1-11(19-16-5-2-4-14(20-16)17(22)23)13-7-6-12(18)10-15(13)24-9-3-8-21/h2,4-7,10-11,21H,3,8-9H2,1H3,(H,19,20)(H,22,23). The molecule has 7 heteroatoms. The summed E-state index contributed by atoms with van der Waals surface area (Å²) >= 11 is 3.42. The molecule has 1 atom stereocenters. The van der Waals surface area contributed by atoms with E-state index in [2.05, 4.69) is 26.2 Å². The van der Waals surface area contributed by atoms with Gasteiger partial charge >= 0.3 is 5.97 Å². The van der Waals surface area contributed by atoms with Crippen LogP contribution in [-0.4, -0.2) is 34.4 Å². The Morgan fingerprint density at radius 2 is 2.17 bits per heavy atom. The number of hydrogen-bond acceptors (Lipinski definition) is 5. The summed E-state index contributed by atoms with van der Waals surface area (Å²) in [5.74, 6) is 0.113. The monoisotopic (exact) mass is 394 g/mol. The molecule has 0 saturated heterocycles. The van der Waals surface area contributed by atoms with Crippen LogP contribution in [0.2, 0.25) is 0 Å². The highest BCUT2D eigenvalue weighted by Gasteiger charge is 2.14. The van der Waals surface area contributed by atoms with Crippen molar-refractivity contribution < 1.29 is 19.7 Å². The van der Waals surface area contributed by atoms with Crippen molar-refractivity contribution >= 4 is 27.7 Å². The molecule has 0 spiro atoms. The third kappa shape index (κ3) is 4.94. The zero-order valence-corrected chi connectivity index (χ0v) is 14.8. The van der Waals surface area contributed by atoms with E-state index in [-0.39, 0.29) is 18.3 Å². The predicted molar refractivity (Wildman–Crippen MR) is 94.6 cm³/mol. The fourth-order valence-electron chi connectivity index (χ4n) is 2.17. The first-order valence-electron chi connectivity index (χ1n) is 7.51. The van der Waals surface area contributed by atoms with Crippen LogP contribution >= 0.6 is 15.9 Å². The molecule has 0 aliphatic rings. The third-order valence-electron chi connectivity index (χ3n) is 3.33. The Bertz CT molecular complexity index is 709. The van der Waals surface area contributed by atoms with Crippen molar-refractivity contribution in [2.24, 2.45) is 0 Å². The van der Waals surface area contributed by atoms with Crippen molar-refractivity contribution in [1.82, 2.24) is 4.98 Å². The van der Waals surface area contributed by atoms with Crippen molar-refractivity contribution in [2.75, 3.05) is 18.5 Å². The molecule has 0 amide bonds. The van der Waals surface area contributed by atoms with E-state index in [1.807, 2.05) is 25.1 Å². The van der Waals surface area contributed by atoms with Crippen molar-refractivity contribution in [3.8, 4) is 5.75 Å². The Kier molecular flexibility index (Phi) is 6.57. The van der Waals surface area contributed by atoms with Crippen LogP contribution in [0.1, 0.15) is 35.4 Å². The maximum absolute atomic E-state index is 11.0. The lowest BCUT2D eigenvalue weighted by Gasteiger charge is -2.19. The molecule has 24 heavy (non-hydrogen) atoms. The van der Waals surface area contributed by atoms with Gasteiger partial charge in [-0.25, -0.2) is 9.78 Å². The van der Waals surface area contributed by atoms with E-state index in [0.29, 0.717) is 24.6 Å². The van der Waals surface area contributed by atoms with Crippen LogP contribution in [-0.2, 0) is 0 Å². The maximum atomic E-state index is 11.0. The van der Waals surface area contributed by atoms with Crippen LogP contribution in [0.15, 0.2) is 40.9 Å². The number of nitrogens with zero attached hydrogens (tertiary/aromatic N) is 1. The molecule has 0 saturated carbocycles. The summed E-state index contributed by atoms with van der Waals surface area (Å²) in [6.45, 7) is 2.43. The van der Waals surface area contributed by atoms with Crippen molar-refractivity contribution in [1.29, 1.82) is 0 Å². The quantitative estimate of drug-likeness (QED) is 0.593. The number of nitrogens with one attached hydrogen (secondary N) is 1. The summed E-state index contributed by atoms with van der Waals surface area (Å²) in [5.41, 5.74) is 0.904. The van der Waals surface area contributed by atoms with Gasteiger partial charge in [0.1, 0.15) is 11.6 Å². The number of ether oxygens (including phenoxy) is 1. The van der Waals surface area contributed by atoms with Crippen LogP contribution < -0.4 is 10.1 Å². The summed E-state index contributed by atoms with van der Waals surface area (Å²) in [5, 5.41) is 21.1. The molecule has 0 radical (unpaired) electrons. The maximum Gasteiger partial charge on any atom is 0.354 e. The van der Waals surface area contributed by atoms with E-state index in [4.69, 9.17) is 14.9 Å². The molecule has 1 aromatic heterocycles. The van der Waals surface area contributed by atoms with E-state index < -0.39 is 5.97 Å². The highest BCUT2D eigenvalue weighted by Crippen LogP contribution is 2.30. The van der Waals surface area contributed by atoms with Gasteiger partial charge in [-0.1, -0.05) is 28.1 Å². The fourth-order valence-corrected chi connectivity index (χ4v) is 2.51. The first-order chi connectivity index (χ1) is 11.5. The zero-order valence-electron chi connectivity index (χ0n) is 13.2. The van der Waals surface area contributed by atoms with Gasteiger partial charge in [0.15, 0.2) is 5.69 Å². The van der Waals surface area contributed by atoms with Crippen LogP contribution in [0.4, 0.5) is 5.82 Å². The van der Waals surface area contributed by atoms with E-state index in [1.165, 1.54) is 6.07 Å². The molecule has 2 aromatic rings. The minimum Gasteiger partial charge on any atom is -0.493 e. The zero-order chi connectivity index (χ0) is 17.5. The Morgan fingerprint density at radius 3 is 2.88 bits per heavy atom. The average molecular weight is 395 g/mol. The van der Waals surface area contributed by atoms with Crippen LogP contribution in [0.25, 0.3) is 0 Å². The van der Waals surface area contributed by atoms with E-state index in [1.54, 1.807) is 12.1 Å². The molecule has 1 unspecified atom stereocenters. The van der Waals surface area contributed by atoms with Crippen LogP contribution in [0.3, 0.4) is 0 Å². The number of aromatic carboxylic acids is 1. The number of carboxylic acid groups (broad SMARTS) is 1. The SMILES string of the molecule is CC(Nc1cccc(C(=O)O)n1)c1ccc(Br)cc1OCCCO. The summed E-state index contributed by atoms with van der Waals surface area (Å²) in [4.78, 5) is 15.1. The minimum atomic E-state index is -1.07. The van der Waals surface area contributed by atoms with Gasteiger partial charge in [-0.2, -0.15) is 0 Å². The molecule has 0 fully saturated rings. The molecular weight excluding hydrogens is 376 g/mol. The van der Waals surface area contributed by atoms with Gasteiger partial charge in [-0.3, -0.25) is 0 Å². The van der Waals surface area contributed by atoms with Gasteiger partial charge in [-0.15, -0.1) is 0 Å². The van der Waals surface area contributed by atoms with E-state index >= 15 is 0 Å². The highest BCUT2D eigenvalue weighted by atomic mass is 79.9. The molecule has 1 aromatic carbocycles. The lowest BCUT2D eigenvalue weighted by atomic mass is 10.1. The second kappa shape index (κ2) is 8.65. The topological polar surface area (TPSA) is 91.7 Å². The minimum absolute atomic E-state index is 0.0116. The van der Waals surface area contributed by atoms with Gasteiger partial charge < -0.3 is 20.3 Å². The van der Waals surface area contributed by atoms with Crippen molar-refractivity contribution in [3.63, 3.8) is 0 Å². The average Bonchev–Trinajstić information content (AvgIpc) is 2.55. The van der Waals surface area contributed by atoms with Crippen molar-refractivity contribution in [3.05, 3.63) is 52.1 Å². The molecule has 2 rings (SSSR count). The highest BCUT2D eigenvalue weighted by molar-refractivity contribution is 9.10. The summed E-state index contributed by atoms with van der Waals surface area (Å²) in [6, 6.07) is 10.4. The third-order valence-corrected chi connectivity index (χ3v) is 3.83. The molecular formula is C17H19BrN2O4. The van der Waals surface area contributed by atoms with Gasteiger partial charge in [0.25, 0.3) is 0 Å². The second-order valence-electron chi connectivity index (χ2n) is 5.19. The Balaban J connectivity index is 2.18. The van der Waals surface area contributed by atoms with Gasteiger partial charge in [-0.05, 0) is 31.2 Å². The fraction of sp³-hybridized carbons (Fsp3) is 0.294. The number of aliphatic hydroxyl groups is 1. The lowest BCUT2D eigenvalue weighted by molar-refractivity contribution is 0.0690. The summed E-state index contributed by atoms with van der Waals surface area (Å²) < 4.78 is 6.63. The first-order valence-corrected chi connectivity index (χ1v) is 8.30. The number of carbonyl (C=O) groups is 1. The molecule has 0 aliphatic heterocycles.